The number of para-hydroxylation sites is 1. The van der Waals surface area contributed by atoms with Gasteiger partial charge in [-0.05, 0) is 38.5 Å². The van der Waals surface area contributed by atoms with Gasteiger partial charge in [0.25, 0.3) is 0 Å². The monoisotopic (exact) mass is 435 g/mol. The summed E-state index contributed by atoms with van der Waals surface area (Å²) in [5.74, 6) is 0.435. The fraction of sp³-hybridized carbons (Fsp3) is 0.375. The molecule has 4 aromatic rings. The zero-order chi connectivity index (χ0) is 22.9. The number of aliphatic hydroxyl groups is 2. The molecule has 32 heavy (non-hydrogen) atoms. The lowest BCUT2D eigenvalue weighted by Gasteiger charge is -2.21. The van der Waals surface area contributed by atoms with Crippen molar-refractivity contribution >= 4 is 5.65 Å². The van der Waals surface area contributed by atoms with E-state index in [-0.39, 0.29) is 5.92 Å². The van der Waals surface area contributed by atoms with Gasteiger partial charge in [-0.15, -0.1) is 0 Å². The van der Waals surface area contributed by atoms with Crippen molar-refractivity contribution in [3.05, 3.63) is 66.2 Å². The van der Waals surface area contributed by atoms with Crippen molar-refractivity contribution in [2.75, 3.05) is 7.11 Å². The summed E-state index contributed by atoms with van der Waals surface area (Å²) in [5.41, 5.74) is 2.79. The number of aromatic nitrogens is 5. The molecule has 0 amide bonds. The molecule has 0 aliphatic carbocycles. The number of hydrogen-bond donors (Lipinski definition) is 2. The summed E-state index contributed by atoms with van der Waals surface area (Å²) in [6, 6.07) is 9.49. The minimum Gasteiger partial charge on any atom is -0.496 e. The molecule has 0 aliphatic rings. The van der Waals surface area contributed by atoms with Crippen molar-refractivity contribution in [2.45, 2.75) is 51.4 Å². The number of methoxy groups -OCH3 is 1. The normalized spacial score (nSPS) is 13.9. The summed E-state index contributed by atoms with van der Waals surface area (Å²) in [7, 11) is 1.63. The maximum atomic E-state index is 11.4. The van der Waals surface area contributed by atoms with Gasteiger partial charge in [-0.1, -0.05) is 19.1 Å². The zero-order valence-electron chi connectivity index (χ0n) is 18.8. The number of nitrogens with zero attached hydrogens (tertiary/aromatic N) is 5. The summed E-state index contributed by atoms with van der Waals surface area (Å²) in [4.78, 5) is 4.40. The van der Waals surface area contributed by atoms with Crippen LogP contribution in [0.3, 0.4) is 0 Å². The Kier molecular flexibility index (Phi) is 5.99. The quantitative estimate of drug-likeness (QED) is 0.439. The van der Waals surface area contributed by atoms with Crippen LogP contribution in [0.2, 0.25) is 0 Å². The van der Waals surface area contributed by atoms with Crippen LogP contribution in [-0.2, 0) is 6.54 Å². The molecule has 3 aromatic heterocycles. The molecular formula is C24H29N5O3. The molecule has 8 heteroatoms. The maximum Gasteiger partial charge on any atom is 0.160 e. The summed E-state index contributed by atoms with van der Waals surface area (Å²) in [5, 5.41) is 30.9. The average Bonchev–Trinajstić information content (AvgIpc) is 3.37. The second-order valence-electron chi connectivity index (χ2n) is 8.59. The third-order valence-electron chi connectivity index (χ3n) is 5.55. The maximum absolute atomic E-state index is 11.4. The molecule has 0 saturated heterocycles. The van der Waals surface area contributed by atoms with Crippen LogP contribution in [0.1, 0.15) is 50.3 Å². The van der Waals surface area contributed by atoms with Crippen molar-refractivity contribution in [3.8, 4) is 17.0 Å². The number of aliphatic hydroxyl groups excluding tert-OH is 1. The SMILES string of the molecule is CCC(c1cn(CC(C)(C)O)nc1-c1ccccc1OC)C(O)c1cnn2cccnc12. The van der Waals surface area contributed by atoms with Gasteiger partial charge in [-0.2, -0.15) is 10.2 Å². The highest BCUT2D eigenvalue weighted by Crippen LogP contribution is 2.41. The van der Waals surface area contributed by atoms with Gasteiger partial charge in [0.15, 0.2) is 5.65 Å². The van der Waals surface area contributed by atoms with Crippen LogP contribution in [0.15, 0.2) is 55.1 Å². The van der Waals surface area contributed by atoms with Crippen LogP contribution < -0.4 is 4.74 Å². The van der Waals surface area contributed by atoms with Crippen LogP contribution >= 0.6 is 0 Å². The second-order valence-corrected chi connectivity index (χ2v) is 8.59. The van der Waals surface area contributed by atoms with Crippen LogP contribution in [0.4, 0.5) is 0 Å². The van der Waals surface area contributed by atoms with E-state index in [1.807, 2.05) is 37.4 Å². The van der Waals surface area contributed by atoms with Gasteiger partial charge in [-0.3, -0.25) is 4.68 Å². The highest BCUT2D eigenvalue weighted by atomic mass is 16.5. The first-order chi connectivity index (χ1) is 15.3. The number of ether oxygens (including phenoxy) is 1. The van der Waals surface area contributed by atoms with Gasteiger partial charge in [0.1, 0.15) is 5.75 Å². The average molecular weight is 436 g/mol. The molecular weight excluding hydrogens is 406 g/mol. The fourth-order valence-electron chi connectivity index (χ4n) is 4.12. The molecule has 168 valence electrons. The van der Waals surface area contributed by atoms with Gasteiger partial charge in [-0.25, -0.2) is 9.50 Å². The highest BCUT2D eigenvalue weighted by Gasteiger charge is 2.30. The number of fused-ring (bicyclic) bond motifs is 1. The predicted octanol–water partition coefficient (Wildman–Crippen LogP) is 3.60. The van der Waals surface area contributed by atoms with Crippen LogP contribution in [0.25, 0.3) is 16.9 Å². The van der Waals surface area contributed by atoms with E-state index in [0.717, 1.165) is 16.8 Å². The second kappa shape index (κ2) is 8.72. The van der Waals surface area contributed by atoms with Gasteiger partial charge >= 0.3 is 0 Å². The molecule has 0 aliphatic heterocycles. The van der Waals surface area contributed by atoms with E-state index in [0.29, 0.717) is 29.9 Å². The highest BCUT2D eigenvalue weighted by molar-refractivity contribution is 5.70. The van der Waals surface area contributed by atoms with Crippen molar-refractivity contribution in [1.82, 2.24) is 24.4 Å². The largest absolute Gasteiger partial charge is 0.496 e. The lowest BCUT2D eigenvalue weighted by atomic mass is 9.86. The van der Waals surface area contributed by atoms with E-state index < -0.39 is 11.7 Å². The molecule has 4 rings (SSSR count). The first-order valence-corrected chi connectivity index (χ1v) is 10.7. The van der Waals surface area contributed by atoms with E-state index >= 15 is 0 Å². The summed E-state index contributed by atoms with van der Waals surface area (Å²) in [6.07, 6.45) is 6.91. The Morgan fingerprint density at radius 1 is 1.16 bits per heavy atom. The minimum absolute atomic E-state index is 0.263. The minimum atomic E-state index is -0.936. The van der Waals surface area contributed by atoms with E-state index in [1.54, 1.807) is 54.8 Å². The Bertz CT molecular complexity index is 1210. The molecule has 0 saturated carbocycles. The molecule has 0 fully saturated rings. The molecule has 0 spiro atoms. The smallest absolute Gasteiger partial charge is 0.160 e. The van der Waals surface area contributed by atoms with E-state index in [4.69, 9.17) is 9.84 Å². The lowest BCUT2D eigenvalue weighted by Crippen LogP contribution is -2.26. The Labute approximate surface area is 187 Å². The first-order valence-electron chi connectivity index (χ1n) is 10.7. The van der Waals surface area contributed by atoms with Crippen molar-refractivity contribution in [2.24, 2.45) is 0 Å². The summed E-state index contributed by atoms with van der Waals surface area (Å²) >= 11 is 0. The number of rotatable bonds is 8. The Morgan fingerprint density at radius 2 is 1.94 bits per heavy atom. The van der Waals surface area contributed by atoms with Gasteiger partial charge in [0.05, 0.1) is 37.3 Å². The third kappa shape index (κ3) is 4.24. The summed E-state index contributed by atoms with van der Waals surface area (Å²) < 4.78 is 8.98. The fourth-order valence-corrected chi connectivity index (χ4v) is 4.12. The molecule has 2 atom stereocenters. The molecule has 1 aromatic carbocycles. The number of benzene rings is 1. The van der Waals surface area contributed by atoms with E-state index in [2.05, 4.69) is 10.1 Å². The van der Waals surface area contributed by atoms with Gasteiger partial charge in [0, 0.05) is 41.2 Å². The van der Waals surface area contributed by atoms with Crippen LogP contribution in [0, 0.1) is 0 Å². The molecule has 3 heterocycles. The molecule has 0 radical (unpaired) electrons. The Hall–Kier alpha value is -3.23. The Balaban J connectivity index is 1.84. The Morgan fingerprint density at radius 3 is 2.66 bits per heavy atom. The zero-order valence-corrected chi connectivity index (χ0v) is 18.8. The molecule has 8 nitrogen and oxygen atoms in total. The molecule has 2 N–H and O–H groups in total. The summed E-state index contributed by atoms with van der Waals surface area (Å²) in [6.45, 7) is 5.84. The van der Waals surface area contributed by atoms with Crippen molar-refractivity contribution in [1.29, 1.82) is 0 Å². The van der Waals surface area contributed by atoms with Crippen molar-refractivity contribution in [3.63, 3.8) is 0 Å². The van der Waals surface area contributed by atoms with Crippen molar-refractivity contribution < 1.29 is 14.9 Å². The van der Waals surface area contributed by atoms with Crippen LogP contribution in [0.5, 0.6) is 5.75 Å². The third-order valence-corrected chi connectivity index (χ3v) is 5.55. The van der Waals surface area contributed by atoms with Crippen LogP contribution in [-0.4, -0.2) is 47.3 Å². The van der Waals surface area contributed by atoms with E-state index in [1.165, 1.54) is 0 Å². The lowest BCUT2D eigenvalue weighted by molar-refractivity contribution is 0.0577. The van der Waals surface area contributed by atoms with Gasteiger partial charge in [0.2, 0.25) is 0 Å². The standard InChI is InChI=1S/C24H29N5O3/c1-5-16(22(30)18-13-26-29-12-8-11-25-23(18)29)19-14-28(15-24(2,3)31)27-21(19)17-9-6-7-10-20(17)32-4/h6-14,16,22,30-31H,5,15H2,1-4H3. The first kappa shape index (κ1) is 22.0. The van der Waals surface area contributed by atoms with E-state index in [9.17, 15) is 10.2 Å². The molecule has 2 unspecified atom stereocenters. The van der Waals surface area contributed by atoms with Gasteiger partial charge < -0.3 is 14.9 Å². The number of hydrogen-bond acceptors (Lipinski definition) is 6. The topological polar surface area (TPSA) is 97.7 Å². The molecule has 0 bridgehead atoms. The predicted molar refractivity (Wildman–Crippen MR) is 121 cm³/mol.